The third-order valence-electron chi connectivity index (χ3n) is 2.32. The molecule has 1 atom stereocenters. The highest BCUT2D eigenvalue weighted by atomic mass is 16.5. The highest BCUT2D eigenvalue weighted by Crippen LogP contribution is 2.21. The molecule has 0 aromatic heterocycles. The molecular formula is C13H18O3. The Balaban J connectivity index is 2.66. The Morgan fingerprint density at radius 1 is 1.38 bits per heavy atom. The summed E-state index contributed by atoms with van der Waals surface area (Å²) in [7, 11) is 0. The van der Waals surface area contributed by atoms with Crippen molar-refractivity contribution < 1.29 is 14.6 Å². The van der Waals surface area contributed by atoms with Gasteiger partial charge in [0.2, 0.25) is 0 Å². The summed E-state index contributed by atoms with van der Waals surface area (Å²) in [5.74, 6) is 0.339. The van der Waals surface area contributed by atoms with Crippen molar-refractivity contribution in [3.63, 3.8) is 0 Å². The fraction of sp³-hybridized carbons (Fsp3) is 0.462. The molecule has 1 aromatic carbocycles. The quantitative estimate of drug-likeness (QED) is 0.832. The number of carboxylic acid groups (broad SMARTS) is 1. The molecule has 0 aliphatic rings. The van der Waals surface area contributed by atoms with Gasteiger partial charge in [-0.2, -0.15) is 0 Å². The molecule has 1 unspecified atom stereocenters. The molecule has 0 saturated carbocycles. The standard InChI is InChI=1S/C13H18O3/c1-9(2)11-5-4-6-12(8-11)16-10(3)7-13(14)15/h4-6,8-10H,7H2,1-3H3,(H,14,15). The molecule has 0 saturated heterocycles. The van der Waals surface area contributed by atoms with Crippen LogP contribution < -0.4 is 4.74 Å². The lowest BCUT2D eigenvalue weighted by Crippen LogP contribution is -2.16. The molecule has 0 radical (unpaired) electrons. The number of hydrogen-bond donors (Lipinski definition) is 1. The van der Waals surface area contributed by atoms with Crippen molar-refractivity contribution in [1.29, 1.82) is 0 Å². The van der Waals surface area contributed by atoms with Crippen molar-refractivity contribution >= 4 is 5.97 Å². The van der Waals surface area contributed by atoms with Gasteiger partial charge in [-0.15, -0.1) is 0 Å². The molecule has 0 fully saturated rings. The van der Waals surface area contributed by atoms with Gasteiger partial charge in [-0.1, -0.05) is 26.0 Å². The molecule has 0 heterocycles. The van der Waals surface area contributed by atoms with Gasteiger partial charge >= 0.3 is 5.97 Å². The van der Waals surface area contributed by atoms with E-state index >= 15 is 0 Å². The second-order valence-electron chi connectivity index (χ2n) is 4.25. The van der Waals surface area contributed by atoms with Crippen LogP contribution in [0.4, 0.5) is 0 Å². The van der Waals surface area contributed by atoms with E-state index in [1.807, 2.05) is 24.3 Å². The minimum absolute atomic E-state index is 0.0197. The molecule has 3 nitrogen and oxygen atoms in total. The molecule has 3 heteroatoms. The molecule has 0 aliphatic carbocycles. The molecule has 1 rings (SSSR count). The van der Waals surface area contributed by atoms with Crippen molar-refractivity contribution in [2.45, 2.75) is 39.2 Å². The summed E-state index contributed by atoms with van der Waals surface area (Å²) in [6, 6.07) is 7.78. The number of hydrogen-bond acceptors (Lipinski definition) is 2. The summed E-state index contributed by atoms with van der Waals surface area (Å²) in [6.07, 6.45) is -0.286. The van der Waals surface area contributed by atoms with Crippen molar-refractivity contribution in [2.75, 3.05) is 0 Å². The highest BCUT2D eigenvalue weighted by molar-refractivity contribution is 5.67. The van der Waals surface area contributed by atoms with E-state index in [0.717, 1.165) is 5.75 Å². The van der Waals surface area contributed by atoms with Crippen LogP contribution in [0.3, 0.4) is 0 Å². The van der Waals surface area contributed by atoms with Crippen LogP contribution in [0.25, 0.3) is 0 Å². The van der Waals surface area contributed by atoms with Crippen LogP contribution in [-0.4, -0.2) is 17.2 Å². The van der Waals surface area contributed by atoms with Crippen molar-refractivity contribution in [3.8, 4) is 5.75 Å². The van der Waals surface area contributed by atoms with Gasteiger partial charge in [0, 0.05) is 0 Å². The van der Waals surface area contributed by atoms with Crippen LogP contribution in [0, 0.1) is 0 Å². The number of benzene rings is 1. The van der Waals surface area contributed by atoms with Crippen molar-refractivity contribution in [3.05, 3.63) is 29.8 Å². The largest absolute Gasteiger partial charge is 0.490 e. The summed E-state index contributed by atoms with van der Waals surface area (Å²) in [5, 5.41) is 8.62. The fourth-order valence-electron chi connectivity index (χ4n) is 1.47. The third kappa shape index (κ3) is 3.93. The number of aliphatic carboxylic acids is 1. The van der Waals surface area contributed by atoms with E-state index in [0.29, 0.717) is 5.92 Å². The van der Waals surface area contributed by atoms with Gasteiger partial charge in [0.15, 0.2) is 0 Å². The van der Waals surface area contributed by atoms with Crippen LogP contribution in [0.1, 0.15) is 38.7 Å². The number of ether oxygens (including phenoxy) is 1. The summed E-state index contributed by atoms with van der Waals surface area (Å²) < 4.78 is 5.54. The van der Waals surface area contributed by atoms with E-state index in [2.05, 4.69) is 13.8 Å². The lowest BCUT2D eigenvalue weighted by molar-refractivity contribution is -0.138. The summed E-state index contributed by atoms with van der Waals surface area (Å²) in [6.45, 7) is 5.98. The van der Waals surface area contributed by atoms with Crippen LogP contribution in [0.15, 0.2) is 24.3 Å². The van der Waals surface area contributed by atoms with Crippen molar-refractivity contribution in [2.24, 2.45) is 0 Å². The molecule has 88 valence electrons. The Bertz CT molecular complexity index is 358. The summed E-state index contributed by atoms with van der Waals surface area (Å²) in [5.41, 5.74) is 1.19. The van der Waals surface area contributed by atoms with E-state index in [-0.39, 0.29) is 12.5 Å². The maximum Gasteiger partial charge on any atom is 0.307 e. The third-order valence-corrected chi connectivity index (χ3v) is 2.32. The summed E-state index contributed by atoms with van der Waals surface area (Å²) >= 11 is 0. The lowest BCUT2D eigenvalue weighted by atomic mass is 10.0. The zero-order valence-corrected chi connectivity index (χ0v) is 9.93. The van der Waals surface area contributed by atoms with E-state index in [1.165, 1.54) is 5.56 Å². The van der Waals surface area contributed by atoms with Gasteiger partial charge in [0.1, 0.15) is 11.9 Å². The van der Waals surface area contributed by atoms with Gasteiger partial charge < -0.3 is 9.84 Å². The predicted molar refractivity (Wildman–Crippen MR) is 62.9 cm³/mol. The van der Waals surface area contributed by atoms with Crippen LogP contribution in [0.2, 0.25) is 0 Å². The first-order valence-electron chi connectivity index (χ1n) is 5.47. The minimum Gasteiger partial charge on any atom is -0.490 e. The zero-order chi connectivity index (χ0) is 12.1. The fourth-order valence-corrected chi connectivity index (χ4v) is 1.47. The molecule has 0 spiro atoms. The topological polar surface area (TPSA) is 46.5 Å². The Morgan fingerprint density at radius 2 is 2.06 bits per heavy atom. The molecular weight excluding hydrogens is 204 g/mol. The second kappa shape index (κ2) is 5.54. The Labute approximate surface area is 96.1 Å². The van der Waals surface area contributed by atoms with E-state index < -0.39 is 5.97 Å². The number of carboxylic acids is 1. The molecule has 16 heavy (non-hydrogen) atoms. The maximum atomic E-state index is 10.5. The highest BCUT2D eigenvalue weighted by Gasteiger charge is 2.09. The minimum atomic E-state index is -0.840. The van der Waals surface area contributed by atoms with Gasteiger partial charge in [-0.3, -0.25) is 4.79 Å². The van der Waals surface area contributed by atoms with E-state index in [4.69, 9.17) is 9.84 Å². The van der Waals surface area contributed by atoms with Crippen LogP contribution in [-0.2, 0) is 4.79 Å². The molecule has 0 aliphatic heterocycles. The average Bonchev–Trinajstić information content (AvgIpc) is 2.16. The Kier molecular flexibility index (Phi) is 4.35. The Morgan fingerprint density at radius 3 is 2.62 bits per heavy atom. The molecule has 0 amide bonds. The van der Waals surface area contributed by atoms with Gasteiger partial charge in [-0.25, -0.2) is 0 Å². The van der Waals surface area contributed by atoms with Gasteiger partial charge in [0.25, 0.3) is 0 Å². The van der Waals surface area contributed by atoms with Crippen LogP contribution in [0.5, 0.6) is 5.75 Å². The van der Waals surface area contributed by atoms with E-state index in [9.17, 15) is 4.79 Å². The monoisotopic (exact) mass is 222 g/mol. The SMILES string of the molecule is CC(CC(=O)O)Oc1cccc(C(C)C)c1. The molecule has 1 N–H and O–H groups in total. The zero-order valence-electron chi connectivity index (χ0n) is 9.93. The predicted octanol–water partition coefficient (Wildman–Crippen LogP) is 3.05. The van der Waals surface area contributed by atoms with Gasteiger partial charge in [0.05, 0.1) is 6.42 Å². The molecule has 1 aromatic rings. The van der Waals surface area contributed by atoms with Crippen molar-refractivity contribution in [1.82, 2.24) is 0 Å². The Hall–Kier alpha value is -1.51. The average molecular weight is 222 g/mol. The lowest BCUT2D eigenvalue weighted by Gasteiger charge is -2.14. The maximum absolute atomic E-state index is 10.5. The molecule has 0 bridgehead atoms. The number of carbonyl (C=O) groups is 1. The number of rotatable bonds is 5. The van der Waals surface area contributed by atoms with Crippen LogP contribution >= 0.6 is 0 Å². The first kappa shape index (κ1) is 12.6. The first-order chi connectivity index (χ1) is 7.49. The summed E-state index contributed by atoms with van der Waals surface area (Å²) in [4.78, 5) is 10.5. The normalized spacial score (nSPS) is 12.5. The first-order valence-corrected chi connectivity index (χ1v) is 5.47. The van der Waals surface area contributed by atoms with E-state index in [1.54, 1.807) is 6.92 Å². The van der Waals surface area contributed by atoms with Gasteiger partial charge in [-0.05, 0) is 30.5 Å². The smallest absolute Gasteiger partial charge is 0.307 e. The second-order valence-corrected chi connectivity index (χ2v) is 4.25.